The molecule has 0 atom stereocenters. The molecule has 0 aliphatic carbocycles. The highest BCUT2D eigenvalue weighted by atomic mass is 19.1. The largest absolute Gasteiger partial charge is 0.486 e. The highest BCUT2D eigenvalue weighted by Crippen LogP contribution is 2.28. The third kappa shape index (κ3) is 2.80. The number of nitrogen functional groups attached to an aromatic ring is 1. The molecule has 0 fully saturated rings. The van der Waals surface area contributed by atoms with Gasteiger partial charge in [-0.1, -0.05) is 18.2 Å². The second-order valence-electron chi connectivity index (χ2n) is 4.42. The second kappa shape index (κ2) is 5.08. The molecule has 0 aromatic heterocycles. The van der Waals surface area contributed by atoms with E-state index in [4.69, 9.17) is 10.5 Å². The minimum absolute atomic E-state index is 0.260. The molecule has 0 radical (unpaired) electrons. The van der Waals surface area contributed by atoms with Gasteiger partial charge in [0.1, 0.15) is 18.2 Å². The van der Waals surface area contributed by atoms with Crippen LogP contribution in [0.2, 0.25) is 0 Å². The maximum Gasteiger partial charge on any atom is 0.145 e. The molecule has 0 saturated carbocycles. The van der Waals surface area contributed by atoms with E-state index in [1.54, 1.807) is 6.07 Å². The lowest BCUT2D eigenvalue weighted by Crippen LogP contribution is -2.01. The van der Waals surface area contributed by atoms with Crippen LogP contribution in [-0.2, 0) is 6.61 Å². The van der Waals surface area contributed by atoms with Crippen molar-refractivity contribution in [1.82, 2.24) is 0 Å². The van der Waals surface area contributed by atoms with Crippen LogP contribution < -0.4 is 10.5 Å². The van der Waals surface area contributed by atoms with Crippen molar-refractivity contribution in [3.05, 3.63) is 58.9 Å². The van der Waals surface area contributed by atoms with Crippen molar-refractivity contribution in [2.75, 3.05) is 5.73 Å². The van der Waals surface area contributed by atoms with Gasteiger partial charge in [0, 0.05) is 0 Å². The Kier molecular flexibility index (Phi) is 3.51. The van der Waals surface area contributed by atoms with Crippen molar-refractivity contribution in [2.24, 2.45) is 0 Å². The minimum atomic E-state index is -0.260. The van der Waals surface area contributed by atoms with Crippen molar-refractivity contribution in [1.29, 1.82) is 0 Å². The molecular formula is C15H16FNO. The van der Waals surface area contributed by atoms with Crippen molar-refractivity contribution >= 4 is 5.69 Å². The summed E-state index contributed by atoms with van der Waals surface area (Å²) in [5.41, 5.74) is 9.41. The SMILES string of the molecule is Cc1cc(C)c(OCc2cccc(F)c2)c(N)c1. The Balaban J connectivity index is 2.16. The van der Waals surface area contributed by atoms with Gasteiger partial charge in [0.15, 0.2) is 0 Å². The van der Waals surface area contributed by atoms with Crippen LogP contribution in [0.1, 0.15) is 16.7 Å². The summed E-state index contributed by atoms with van der Waals surface area (Å²) in [6.45, 7) is 4.25. The Morgan fingerprint density at radius 1 is 1.17 bits per heavy atom. The Morgan fingerprint density at radius 2 is 1.94 bits per heavy atom. The average Bonchev–Trinajstić information content (AvgIpc) is 2.27. The zero-order chi connectivity index (χ0) is 13.1. The van der Waals surface area contributed by atoms with Gasteiger partial charge in [-0.05, 0) is 48.7 Å². The molecule has 2 nitrogen and oxygen atoms in total. The quantitative estimate of drug-likeness (QED) is 0.838. The molecule has 2 N–H and O–H groups in total. The first-order chi connectivity index (χ1) is 8.56. The summed E-state index contributed by atoms with van der Waals surface area (Å²) >= 11 is 0. The lowest BCUT2D eigenvalue weighted by atomic mass is 10.1. The van der Waals surface area contributed by atoms with Gasteiger partial charge in [0.05, 0.1) is 5.69 Å². The van der Waals surface area contributed by atoms with Crippen LogP contribution in [0.3, 0.4) is 0 Å². The van der Waals surface area contributed by atoms with Gasteiger partial charge in [-0.2, -0.15) is 0 Å². The fourth-order valence-electron chi connectivity index (χ4n) is 1.97. The summed E-state index contributed by atoms with van der Waals surface area (Å²) in [6.07, 6.45) is 0. The molecule has 0 aliphatic heterocycles. The van der Waals surface area contributed by atoms with Crippen molar-refractivity contribution in [3.8, 4) is 5.75 Å². The predicted octanol–water partition coefficient (Wildman–Crippen LogP) is 3.60. The standard InChI is InChI=1S/C15H16FNO/c1-10-6-11(2)15(14(17)7-10)18-9-12-4-3-5-13(16)8-12/h3-8H,9,17H2,1-2H3. The Labute approximate surface area is 106 Å². The minimum Gasteiger partial charge on any atom is -0.486 e. The first kappa shape index (κ1) is 12.4. The van der Waals surface area contributed by atoms with Crippen molar-refractivity contribution in [3.63, 3.8) is 0 Å². The maximum absolute atomic E-state index is 13.0. The van der Waals surface area contributed by atoms with Crippen molar-refractivity contribution in [2.45, 2.75) is 20.5 Å². The molecule has 0 bridgehead atoms. The van der Waals surface area contributed by atoms with E-state index < -0.39 is 0 Å². The number of anilines is 1. The molecule has 0 heterocycles. The van der Waals surface area contributed by atoms with Crippen LogP contribution in [0.5, 0.6) is 5.75 Å². The van der Waals surface area contributed by atoms with Gasteiger partial charge < -0.3 is 10.5 Å². The van der Waals surface area contributed by atoms with Crippen LogP contribution in [0.4, 0.5) is 10.1 Å². The van der Waals surface area contributed by atoms with E-state index >= 15 is 0 Å². The zero-order valence-corrected chi connectivity index (χ0v) is 10.5. The number of benzene rings is 2. The molecule has 0 amide bonds. The Hall–Kier alpha value is -2.03. The summed E-state index contributed by atoms with van der Waals surface area (Å²) < 4.78 is 18.7. The van der Waals surface area contributed by atoms with Gasteiger partial charge in [-0.3, -0.25) is 0 Å². The van der Waals surface area contributed by atoms with Gasteiger partial charge in [0.2, 0.25) is 0 Å². The topological polar surface area (TPSA) is 35.2 Å². The van der Waals surface area contributed by atoms with Gasteiger partial charge in [-0.25, -0.2) is 4.39 Å². The lowest BCUT2D eigenvalue weighted by Gasteiger charge is -2.12. The summed E-state index contributed by atoms with van der Waals surface area (Å²) in [5, 5.41) is 0. The summed E-state index contributed by atoms with van der Waals surface area (Å²) in [6, 6.07) is 10.2. The number of rotatable bonds is 3. The normalized spacial score (nSPS) is 10.4. The first-order valence-corrected chi connectivity index (χ1v) is 5.80. The highest BCUT2D eigenvalue weighted by Gasteiger charge is 2.06. The molecule has 2 rings (SSSR count). The number of hydrogen-bond acceptors (Lipinski definition) is 2. The molecule has 3 heteroatoms. The summed E-state index contributed by atoms with van der Waals surface area (Å²) in [7, 11) is 0. The number of nitrogens with two attached hydrogens (primary N) is 1. The molecule has 0 spiro atoms. The number of aryl methyl sites for hydroxylation is 2. The van der Waals surface area contributed by atoms with E-state index in [0.717, 1.165) is 16.7 Å². The molecule has 0 saturated heterocycles. The first-order valence-electron chi connectivity index (χ1n) is 5.80. The summed E-state index contributed by atoms with van der Waals surface area (Å²) in [4.78, 5) is 0. The number of halogens is 1. The molecule has 94 valence electrons. The molecule has 0 unspecified atom stereocenters. The third-order valence-corrected chi connectivity index (χ3v) is 2.72. The van der Waals surface area contributed by atoms with E-state index in [2.05, 4.69) is 0 Å². The van der Waals surface area contributed by atoms with E-state index in [1.807, 2.05) is 32.0 Å². The molecular weight excluding hydrogens is 229 g/mol. The zero-order valence-electron chi connectivity index (χ0n) is 10.5. The Morgan fingerprint density at radius 3 is 2.61 bits per heavy atom. The smallest absolute Gasteiger partial charge is 0.145 e. The van der Waals surface area contributed by atoms with Gasteiger partial charge in [0.25, 0.3) is 0 Å². The summed E-state index contributed by atoms with van der Waals surface area (Å²) in [5.74, 6) is 0.412. The van der Waals surface area contributed by atoms with Crippen LogP contribution >= 0.6 is 0 Å². The van der Waals surface area contributed by atoms with Crippen LogP contribution in [-0.4, -0.2) is 0 Å². The Bertz CT molecular complexity index is 543. The fraction of sp³-hybridized carbons (Fsp3) is 0.200. The van der Waals surface area contributed by atoms with Crippen LogP contribution in [0.15, 0.2) is 36.4 Å². The number of hydrogen-bond donors (Lipinski definition) is 1. The van der Waals surface area contributed by atoms with Crippen LogP contribution in [0, 0.1) is 19.7 Å². The predicted molar refractivity (Wildman–Crippen MR) is 71.1 cm³/mol. The van der Waals surface area contributed by atoms with Gasteiger partial charge >= 0.3 is 0 Å². The van der Waals surface area contributed by atoms with Gasteiger partial charge in [-0.15, -0.1) is 0 Å². The maximum atomic E-state index is 13.0. The monoisotopic (exact) mass is 245 g/mol. The average molecular weight is 245 g/mol. The molecule has 2 aromatic rings. The van der Waals surface area contributed by atoms with Crippen LogP contribution in [0.25, 0.3) is 0 Å². The van der Waals surface area contributed by atoms with E-state index in [1.165, 1.54) is 12.1 Å². The van der Waals surface area contributed by atoms with Crippen molar-refractivity contribution < 1.29 is 9.13 Å². The third-order valence-electron chi connectivity index (χ3n) is 2.72. The molecule has 18 heavy (non-hydrogen) atoms. The fourth-order valence-corrected chi connectivity index (χ4v) is 1.97. The molecule has 0 aliphatic rings. The van der Waals surface area contributed by atoms with E-state index in [-0.39, 0.29) is 5.82 Å². The van der Waals surface area contributed by atoms with E-state index in [9.17, 15) is 4.39 Å². The second-order valence-corrected chi connectivity index (χ2v) is 4.42. The lowest BCUT2D eigenvalue weighted by molar-refractivity contribution is 0.305. The number of ether oxygens (including phenoxy) is 1. The molecule has 2 aromatic carbocycles. The highest BCUT2D eigenvalue weighted by molar-refractivity contribution is 5.58. The van der Waals surface area contributed by atoms with E-state index in [0.29, 0.717) is 18.0 Å².